The summed E-state index contributed by atoms with van der Waals surface area (Å²) >= 11 is 0. The van der Waals surface area contributed by atoms with Gasteiger partial charge in [0, 0.05) is 6.54 Å². The van der Waals surface area contributed by atoms with Gasteiger partial charge in [0.15, 0.2) is 0 Å². The minimum atomic E-state index is -0.422. The Hall–Kier alpha value is -1.64. The van der Waals surface area contributed by atoms with Gasteiger partial charge in [-0.3, -0.25) is 0 Å². The molecule has 3 rings (SSSR count). The number of aryl methyl sites for hydroxylation is 3. The van der Waals surface area contributed by atoms with Gasteiger partial charge in [-0.25, -0.2) is 0 Å². The largest absolute Gasteiger partial charge is 0.387 e. The first kappa shape index (κ1) is 19.1. The molecule has 1 fully saturated rings. The first-order valence-electron chi connectivity index (χ1n) is 10.1. The average Bonchev–Trinajstić information content (AvgIpc) is 2.64. The lowest BCUT2D eigenvalue weighted by Gasteiger charge is -2.30. The van der Waals surface area contributed by atoms with Crippen LogP contribution in [0.4, 0.5) is 0 Å². The van der Waals surface area contributed by atoms with Crippen LogP contribution in [0.25, 0.3) is 0 Å². The lowest BCUT2D eigenvalue weighted by atomic mass is 9.77. The molecule has 0 spiro atoms. The van der Waals surface area contributed by atoms with Crippen molar-refractivity contribution in [2.45, 2.75) is 58.5 Å². The summed E-state index contributed by atoms with van der Waals surface area (Å²) in [6.45, 7) is 8.11. The molecule has 0 bridgehead atoms. The molecular weight excluding hydrogens is 318 g/mol. The van der Waals surface area contributed by atoms with Gasteiger partial charge >= 0.3 is 0 Å². The molecule has 0 saturated heterocycles. The Bertz CT molecular complexity index is 724. The van der Waals surface area contributed by atoms with E-state index in [1.807, 2.05) is 12.1 Å². The van der Waals surface area contributed by atoms with Gasteiger partial charge in [0.1, 0.15) is 0 Å². The molecule has 2 aromatic carbocycles. The molecule has 2 aromatic rings. The van der Waals surface area contributed by atoms with Crippen molar-refractivity contribution in [3.63, 3.8) is 0 Å². The van der Waals surface area contributed by atoms with E-state index in [4.69, 9.17) is 0 Å². The normalized spacial score (nSPS) is 21.5. The minimum Gasteiger partial charge on any atom is -0.387 e. The minimum absolute atomic E-state index is 0.422. The molecule has 26 heavy (non-hydrogen) atoms. The molecule has 1 aliphatic rings. The van der Waals surface area contributed by atoms with Crippen molar-refractivity contribution in [1.29, 1.82) is 0 Å². The van der Waals surface area contributed by atoms with E-state index in [0.717, 1.165) is 12.1 Å². The number of hydrogen-bond donors (Lipinski definition) is 2. The third kappa shape index (κ3) is 4.96. The van der Waals surface area contributed by atoms with Crippen LogP contribution < -0.4 is 5.32 Å². The van der Waals surface area contributed by atoms with E-state index in [0.29, 0.717) is 18.4 Å². The van der Waals surface area contributed by atoms with E-state index in [1.165, 1.54) is 47.9 Å². The van der Waals surface area contributed by atoms with Gasteiger partial charge in [0.25, 0.3) is 0 Å². The van der Waals surface area contributed by atoms with Crippen LogP contribution in [0, 0.1) is 26.7 Å². The maximum absolute atomic E-state index is 10.4. The molecule has 2 nitrogen and oxygen atoms in total. The number of rotatable bonds is 6. The number of hydrogen-bond acceptors (Lipinski definition) is 2. The monoisotopic (exact) mass is 351 g/mol. The van der Waals surface area contributed by atoms with E-state index >= 15 is 0 Å². The maximum atomic E-state index is 10.4. The Labute approximate surface area is 158 Å². The number of nitrogens with one attached hydrogen (secondary N) is 1. The summed E-state index contributed by atoms with van der Waals surface area (Å²) in [4.78, 5) is 0. The Morgan fingerprint density at radius 1 is 1.04 bits per heavy atom. The van der Waals surface area contributed by atoms with Gasteiger partial charge in [0.2, 0.25) is 0 Å². The van der Waals surface area contributed by atoms with Crippen LogP contribution in [-0.2, 0) is 0 Å². The summed E-state index contributed by atoms with van der Waals surface area (Å²) < 4.78 is 0. The smallest absolute Gasteiger partial charge is 0.0914 e. The summed E-state index contributed by atoms with van der Waals surface area (Å²) in [5.74, 6) is 1.40. The van der Waals surface area contributed by atoms with Gasteiger partial charge in [-0.2, -0.15) is 0 Å². The van der Waals surface area contributed by atoms with Crippen LogP contribution >= 0.6 is 0 Å². The van der Waals surface area contributed by atoms with E-state index < -0.39 is 6.10 Å². The highest BCUT2D eigenvalue weighted by Gasteiger charge is 2.23. The predicted octanol–water partition coefficient (Wildman–Crippen LogP) is 5.21. The van der Waals surface area contributed by atoms with Crippen LogP contribution in [0.1, 0.15) is 65.5 Å². The second-order valence-corrected chi connectivity index (χ2v) is 8.16. The van der Waals surface area contributed by atoms with E-state index in [1.54, 1.807) is 0 Å². The topological polar surface area (TPSA) is 32.3 Å². The van der Waals surface area contributed by atoms with Gasteiger partial charge in [0.05, 0.1) is 6.10 Å². The Balaban J connectivity index is 1.50. The van der Waals surface area contributed by atoms with Gasteiger partial charge in [-0.1, -0.05) is 54.4 Å². The quantitative estimate of drug-likeness (QED) is 0.749. The first-order valence-corrected chi connectivity index (χ1v) is 10.1. The van der Waals surface area contributed by atoms with Crippen LogP contribution in [0.2, 0.25) is 0 Å². The number of aliphatic hydroxyl groups excluding tert-OH is 1. The van der Waals surface area contributed by atoms with E-state index in [2.05, 4.69) is 56.4 Å². The highest BCUT2D eigenvalue weighted by molar-refractivity contribution is 5.32. The zero-order valence-electron chi connectivity index (χ0n) is 16.5. The van der Waals surface area contributed by atoms with Crippen LogP contribution in [0.15, 0.2) is 42.5 Å². The summed E-state index contributed by atoms with van der Waals surface area (Å²) in [7, 11) is 0. The molecule has 3 atom stereocenters. The first-order chi connectivity index (χ1) is 12.5. The Morgan fingerprint density at radius 2 is 1.88 bits per heavy atom. The van der Waals surface area contributed by atoms with Crippen molar-refractivity contribution in [2.75, 3.05) is 13.1 Å². The van der Waals surface area contributed by atoms with Crippen LogP contribution in [0.5, 0.6) is 0 Å². The van der Waals surface area contributed by atoms with Crippen molar-refractivity contribution >= 4 is 0 Å². The Morgan fingerprint density at radius 3 is 2.65 bits per heavy atom. The summed E-state index contributed by atoms with van der Waals surface area (Å²) in [5, 5.41) is 13.9. The molecule has 0 radical (unpaired) electrons. The van der Waals surface area contributed by atoms with Gasteiger partial charge < -0.3 is 10.4 Å². The molecule has 140 valence electrons. The summed E-state index contributed by atoms with van der Waals surface area (Å²) in [6.07, 6.45) is 4.76. The van der Waals surface area contributed by atoms with Crippen molar-refractivity contribution < 1.29 is 5.11 Å². The average molecular weight is 352 g/mol. The SMILES string of the molecule is Cc1cccc(C(O)CNCC2CCCC(c3ccc(C)c(C)c3)C2)c1. The standard InChI is InChI=1S/C24H33NO/c1-17-6-4-9-23(12-17)24(26)16-25-15-20-7-5-8-21(14-20)22-11-10-18(2)19(3)13-22/h4,6,9-13,20-21,24-26H,5,7-8,14-16H2,1-3H3. The molecule has 1 saturated carbocycles. The van der Waals surface area contributed by atoms with Crippen LogP contribution in [0.3, 0.4) is 0 Å². The third-order valence-electron chi connectivity index (χ3n) is 5.98. The number of benzene rings is 2. The number of aliphatic hydroxyl groups is 1. The zero-order chi connectivity index (χ0) is 18.5. The van der Waals surface area contributed by atoms with E-state index in [9.17, 15) is 5.11 Å². The van der Waals surface area contributed by atoms with Crippen molar-refractivity contribution in [3.05, 3.63) is 70.3 Å². The van der Waals surface area contributed by atoms with Crippen LogP contribution in [-0.4, -0.2) is 18.2 Å². The van der Waals surface area contributed by atoms with Gasteiger partial charge in [-0.15, -0.1) is 0 Å². The fourth-order valence-electron chi connectivity index (χ4n) is 4.22. The molecule has 3 unspecified atom stereocenters. The van der Waals surface area contributed by atoms with Crippen molar-refractivity contribution in [3.8, 4) is 0 Å². The molecule has 0 aliphatic heterocycles. The molecule has 2 N–H and O–H groups in total. The molecule has 2 heteroatoms. The molecule has 0 amide bonds. The molecule has 0 aromatic heterocycles. The highest BCUT2D eigenvalue weighted by atomic mass is 16.3. The predicted molar refractivity (Wildman–Crippen MR) is 110 cm³/mol. The Kier molecular flexibility index (Phi) is 6.50. The summed E-state index contributed by atoms with van der Waals surface area (Å²) in [6, 6.07) is 15.1. The highest BCUT2D eigenvalue weighted by Crippen LogP contribution is 2.36. The third-order valence-corrected chi connectivity index (χ3v) is 5.98. The second kappa shape index (κ2) is 8.83. The molecular formula is C24H33NO. The molecule has 1 aliphatic carbocycles. The fraction of sp³-hybridized carbons (Fsp3) is 0.500. The summed E-state index contributed by atoms with van der Waals surface area (Å²) in [5.41, 5.74) is 6.51. The fourth-order valence-corrected chi connectivity index (χ4v) is 4.22. The van der Waals surface area contributed by atoms with Crippen molar-refractivity contribution in [2.24, 2.45) is 5.92 Å². The lowest BCUT2D eigenvalue weighted by molar-refractivity contribution is 0.170. The van der Waals surface area contributed by atoms with Crippen molar-refractivity contribution in [1.82, 2.24) is 5.32 Å². The zero-order valence-corrected chi connectivity index (χ0v) is 16.5. The lowest BCUT2D eigenvalue weighted by Crippen LogP contribution is -2.30. The van der Waals surface area contributed by atoms with Gasteiger partial charge in [-0.05, 0) is 80.7 Å². The maximum Gasteiger partial charge on any atom is 0.0914 e. The molecule has 0 heterocycles. The van der Waals surface area contributed by atoms with E-state index in [-0.39, 0.29) is 0 Å². The second-order valence-electron chi connectivity index (χ2n) is 8.16.